The maximum absolute atomic E-state index is 12.0. The molecule has 0 bridgehead atoms. The van der Waals surface area contributed by atoms with Gasteiger partial charge in [0.2, 0.25) is 0 Å². The minimum Gasteiger partial charge on any atom is -0.467 e. The number of carbonyl (C=O) groups excluding carboxylic acids is 3. The minimum atomic E-state index is -0.852. The molecule has 0 heterocycles. The summed E-state index contributed by atoms with van der Waals surface area (Å²) in [5, 5.41) is 2.80. The summed E-state index contributed by atoms with van der Waals surface area (Å²) >= 11 is 11.7. The van der Waals surface area contributed by atoms with E-state index in [2.05, 4.69) is 10.1 Å². The van der Waals surface area contributed by atoms with Crippen molar-refractivity contribution in [3.05, 3.63) is 27.7 Å². The zero-order valence-electron chi connectivity index (χ0n) is 14.1. The molecule has 0 aliphatic heterocycles. The fourth-order valence-electron chi connectivity index (χ4n) is 1.97. The number of hydrogen-bond donors (Lipinski definition) is 2. The standard InChI is InChI=1S/C16H20Cl2N2O5/c1-4-8(2)14(16(23)24-3)20-12(21)7-25-15(22)10-5-9(17)6-11(18)13(10)19/h5-6,8,14H,4,7,19H2,1-3H3,(H,20,21)/t8-,14+/m0/s1. The van der Waals surface area contributed by atoms with Crippen molar-refractivity contribution in [2.45, 2.75) is 26.3 Å². The number of nitrogens with one attached hydrogen (secondary N) is 1. The predicted octanol–water partition coefficient (Wildman–Crippen LogP) is 2.44. The lowest BCUT2D eigenvalue weighted by atomic mass is 9.99. The van der Waals surface area contributed by atoms with Gasteiger partial charge >= 0.3 is 11.9 Å². The van der Waals surface area contributed by atoms with Gasteiger partial charge in [-0.3, -0.25) is 4.79 Å². The van der Waals surface area contributed by atoms with E-state index in [0.29, 0.717) is 6.42 Å². The molecule has 1 rings (SSSR count). The Morgan fingerprint density at radius 1 is 1.28 bits per heavy atom. The molecule has 9 heteroatoms. The van der Waals surface area contributed by atoms with Crippen LogP contribution in [-0.2, 0) is 19.1 Å². The van der Waals surface area contributed by atoms with Crippen molar-refractivity contribution in [2.24, 2.45) is 5.92 Å². The molecule has 0 aromatic heterocycles. The lowest BCUT2D eigenvalue weighted by Crippen LogP contribution is -2.47. The molecule has 1 aromatic rings. The van der Waals surface area contributed by atoms with Crippen LogP contribution in [-0.4, -0.2) is 37.6 Å². The van der Waals surface area contributed by atoms with E-state index in [1.54, 1.807) is 6.92 Å². The zero-order valence-corrected chi connectivity index (χ0v) is 15.6. The monoisotopic (exact) mass is 390 g/mol. The molecule has 0 radical (unpaired) electrons. The molecule has 2 atom stereocenters. The Hall–Kier alpha value is -1.99. The van der Waals surface area contributed by atoms with Gasteiger partial charge in [0.1, 0.15) is 6.04 Å². The fourth-order valence-corrected chi connectivity index (χ4v) is 2.47. The van der Waals surface area contributed by atoms with Crippen molar-refractivity contribution in [1.29, 1.82) is 0 Å². The van der Waals surface area contributed by atoms with Gasteiger partial charge in [0, 0.05) is 5.02 Å². The molecular weight excluding hydrogens is 371 g/mol. The Morgan fingerprint density at radius 3 is 2.48 bits per heavy atom. The first-order chi connectivity index (χ1) is 11.7. The van der Waals surface area contributed by atoms with Crippen molar-refractivity contribution >= 4 is 46.7 Å². The van der Waals surface area contributed by atoms with Crippen molar-refractivity contribution in [2.75, 3.05) is 19.5 Å². The van der Waals surface area contributed by atoms with E-state index >= 15 is 0 Å². The summed E-state index contributed by atoms with van der Waals surface area (Å²) in [5.74, 6) is -2.21. The number of methoxy groups -OCH3 is 1. The summed E-state index contributed by atoms with van der Waals surface area (Å²) in [4.78, 5) is 35.8. The van der Waals surface area contributed by atoms with E-state index in [-0.39, 0.29) is 27.2 Å². The first kappa shape index (κ1) is 21.1. The molecule has 0 unspecified atom stereocenters. The first-order valence-corrected chi connectivity index (χ1v) is 8.25. The minimum absolute atomic E-state index is 0.00326. The summed E-state index contributed by atoms with van der Waals surface area (Å²) < 4.78 is 9.57. The Kier molecular flexibility index (Phi) is 7.99. The lowest BCUT2D eigenvalue weighted by Gasteiger charge is -2.21. The van der Waals surface area contributed by atoms with Gasteiger partial charge in [-0.2, -0.15) is 0 Å². The maximum atomic E-state index is 12.0. The number of benzene rings is 1. The van der Waals surface area contributed by atoms with Gasteiger partial charge in [0.05, 0.1) is 23.4 Å². The summed E-state index contributed by atoms with van der Waals surface area (Å²) in [7, 11) is 1.23. The third-order valence-electron chi connectivity index (χ3n) is 3.63. The van der Waals surface area contributed by atoms with E-state index in [1.807, 2.05) is 6.92 Å². The van der Waals surface area contributed by atoms with Crippen LogP contribution >= 0.6 is 23.2 Å². The molecule has 25 heavy (non-hydrogen) atoms. The summed E-state index contributed by atoms with van der Waals surface area (Å²) in [6.45, 7) is 3.08. The molecule has 7 nitrogen and oxygen atoms in total. The van der Waals surface area contributed by atoms with Crippen LogP contribution in [0.25, 0.3) is 0 Å². The molecular formula is C16H20Cl2N2O5. The van der Waals surface area contributed by atoms with Gasteiger partial charge in [-0.05, 0) is 18.1 Å². The maximum Gasteiger partial charge on any atom is 0.340 e. The molecule has 0 fully saturated rings. The smallest absolute Gasteiger partial charge is 0.340 e. The number of nitrogen functional groups attached to an aromatic ring is 1. The average Bonchev–Trinajstić information content (AvgIpc) is 2.59. The molecule has 0 aliphatic rings. The topological polar surface area (TPSA) is 108 Å². The van der Waals surface area contributed by atoms with Gasteiger partial charge in [-0.25, -0.2) is 9.59 Å². The second-order valence-corrected chi connectivity index (χ2v) is 6.22. The Labute approximate surface area is 155 Å². The van der Waals surface area contributed by atoms with Crippen LogP contribution in [0.5, 0.6) is 0 Å². The number of esters is 2. The second-order valence-electron chi connectivity index (χ2n) is 5.38. The highest BCUT2D eigenvalue weighted by atomic mass is 35.5. The molecule has 0 aliphatic carbocycles. The van der Waals surface area contributed by atoms with Gasteiger partial charge in [0.25, 0.3) is 5.91 Å². The fraction of sp³-hybridized carbons (Fsp3) is 0.438. The van der Waals surface area contributed by atoms with Crippen LogP contribution < -0.4 is 11.1 Å². The Bertz CT molecular complexity index is 666. The van der Waals surface area contributed by atoms with Gasteiger partial charge in [0.15, 0.2) is 6.61 Å². The number of nitrogens with two attached hydrogens (primary N) is 1. The van der Waals surface area contributed by atoms with Crippen LogP contribution in [0.3, 0.4) is 0 Å². The average molecular weight is 391 g/mol. The largest absolute Gasteiger partial charge is 0.467 e. The van der Waals surface area contributed by atoms with Crippen molar-refractivity contribution in [3.63, 3.8) is 0 Å². The van der Waals surface area contributed by atoms with E-state index in [1.165, 1.54) is 19.2 Å². The molecule has 0 spiro atoms. The van der Waals surface area contributed by atoms with E-state index in [4.69, 9.17) is 33.7 Å². The number of anilines is 1. The van der Waals surface area contributed by atoms with Crippen LogP contribution in [0.15, 0.2) is 12.1 Å². The summed E-state index contributed by atoms with van der Waals surface area (Å²) in [5.41, 5.74) is 5.66. The number of rotatable bonds is 7. The summed E-state index contributed by atoms with van der Waals surface area (Å²) in [6.07, 6.45) is 0.650. The van der Waals surface area contributed by atoms with Crippen LogP contribution in [0.4, 0.5) is 5.69 Å². The third kappa shape index (κ3) is 5.79. The van der Waals surface area contributed by atoms with Crippen LogP contribution in [0.2, 0.25) is 10.0 Å². The van der Waals surface area contributed by atoms with Gasteiger partial charge in [-0.15, -0.1) is 0 Å². The van der Waals surface area contributed by atoms with Crippen molar-refractivity contribution in [3.8, 4) is 0 Å². The van der Waals surface area contributed by atoms with Gasteiger partial charge < -0.3 is 20.5 Å². The third-order valence-corrected chi connectivity index (χ3v) is 4.16. The van der Waals surface area contributed by atoms with Crippen LogP contribution in [0.1, 0.15) is 30.6 Å². The molecule has 0 saturated carbocycles. The predicted molar refractivity (Wildman–Crippen MR) is 94.6 cm³/mol. The van der Waals surface area contributed by atoms with E-state index in [0.717, 1.165) is 0 Å². The molecule has 1 amide bonds. The molecule has 3 N–H and O–H groups in total. The molecule has 1 aromatic carbocycles. The number of carbonyl (C=O) groups is 3. The normalized spacial score (nSPS) is 12.8. The van der Waals surface area contributed by atoms with E-state index < -0.39 is 30.5 Å². The SMILES string of the molecule is CC[C@H](C)[C@@H](NC(=O)COC(=O)c1cc(Cl)cc(Cl)c1N)C(=O)OC. The second kappa shape index (κ2) is 9.48. The highest BCUT2D eigenvalue weighted by Crippen LogP contribution is 2.28. The zero-order chi connectivity index (χ0) is 19.1. The Balaban J connectivity index is 2.72. The highest BCUT2D eigenvalue weighted by Gasteiger charge is 2.27. The van der Waals surface area contributed by atoms with Crippen molar-refractivity contribution in [1.82, 2.24) is 5.32 Å². The first-order valence-electron chi connectivity index (χ1n) is 7.50. The van der Waals surface area contributed by atoms with Crippen molar-refractivity contribution < 1.29 is 23.9 Å². The molecule has 138 valence electrons. The number of halogens is 2. The lowest BCUT2D eigenvalue weighted by molar-refractivity contribution is -0.147. The molecule has 0 saturated heterocycles. The van der Waals surface area contributed by atoms with Gasteiger partial charge in [-0.1, -0.05) is 43.5 Å². The quantitative estimate of drug-likeness (QED) is 0.546. The highest BCUT2D eigenvalue weighted by molar-refractivity contribution is 6.37. The summed E-state index contributed by atoms with van der Waals surface area (Å²) in [6, 6.07) is 1.85. The number of amides is 1. The number of ether oxygens (including phenoxy) is 2. The Morgan fingerprint density at radius 2 is 1.92 bits per heavy atom. The number of hydrogen-bond acceptors (Lipinski definition) is 6. The van der Waals surface area contributed by atoms with Crippen LogP contribution in [0, 0.1) is 5.92 Å². The van der Waals surface area contributed by atoms with E-state index in [9.17, 15) is 14.4 Å².